The van der Waals surface area contributed by atoms with Crippen molar-refractivity contribution < 1.29 is 13.2 Å². The molecule has 1 aromatic rings. The predicted octanol–water partition coefficient (Wildman–Crippen LogP) is 2.43. The van der Waals surface area contributed by atoms with E-state index in [1.165, 1.54) is 0 Å². The molecule has 0 aliphatic carbocycles. The average Bonchev–Trinajstić information content (AvgIpc) is 2.30. The first-order valence-corrected chi connectivity index (χ1v) is 8.43. The molecule has 0 aromatic heterocycles. The van der Waals surface area contributed by atoms with Crippen molar-refractivity contribution in [3.63, 3.8) is 0 Å². The zero-order valence-electron chi connectivity index (χ0n) is 11.8. The van der Waals surface area contributed by atoms with Crippen LogP contribution in [0.4, 0.5) is 0 Å². The van der Waals surface area contributed by atoms with Crippen LogP contribution in [0, 0.1) is 0 Å². The monoisotopic (exact) mass is 285 g/mol. The fourth-order valence-electron chi connectivity index (χ4n) is 1.91. The average molecular weight is 285 g/mol. The molecule has 1 atom stereocenters. The Balaban J connectivity index is 3.10. The summed E-state index contributed by atoms with van der Waals surface area (Å²) in [6.07, 6.45) is 0.624. The Morgan fingerprint density at radius 1 is 1.32 bits per heavy atom. The molecule has 0 saturated heterocycles. The number of nitrogens with two attached hydrogens (primary N) is 1. The van der Waals surface area contributed by atoms with Gasteiger partial charge in [0.1, 0.15) is 5.75 Å². The molecule has 0 saturated carbocycles. The molecule has 1 aromatic carbocycles. The molecule has 0 fully saturated rings. The minimum Gasteiger partial charge on any atom is -0.494 e. The minimum absolute atomic E-state index is 0.0106. The molecule has 0 heterocycles. The summed E-state index contributed by atoms with van der Waals surface area (Å²) in [5.74, 6) is 0.837. The van der Waals surface area contributed by atoms with E-state index in [1.54, 1.807) is 6.07 Å². The van der Waals surface area contributed by atoms with Crippen LogP contribution in [-0.2, 0) is 15.6 Å². The molecule has 0 radical (unpaired) electrons. The Hall–Kier alpha value is -1.07. The second-order valence-corrected chi connectivity index (χ2v) is 6.86. The third kappa shape index (κ3) is 4.84. The molecule has 0 aliphatic heterocycles. The lowest BCUT2D eigenvalue weighted by Gasteiger charge is -2.14. The first-order chi connectivity index (χ1) is 8.89. The Labute approximate surface area is 115 Å². The summed E-state index contributed by atoms with van der Waals surface area (Å²) in [5, 5.41) is 0. The van der Waals surface area contributed by atoms with Gasteiger partial charge in [-0.3, -0.25) is 0 Å². The maximum Gasteiger partial charge on any atom is 0.154 e. The van der Waals surface area contributed by atoms with Gasteiger partial charge in [-0.05, 0) is 38.0 Å². The molecule has 4 nitrogen and oxygen atoms in total. The highest BCUT2D eigenvalue weighted by molar-refractivity contribution is 7.90. The van der Waals surface area contributed by atoms with Crippen LogP contribution in [0.1, 0.15) is 44.4 Å². The van der Waals surface area contributed by atoms with Gasteiger partial charge in [0.05, 0.1) is 18.1 Å². The molecule has 19 heavy (non-hydrogen) atoms. The van der Waals surface area contributed by atoms with Crippen LogP contribution < -0.4 is 10.5 Å². The van der Waals surface area contributed by atoms with E-state index in [0.29, 0.717) is 24.3 Å². The van der Waals surface area contributed by atoms with Crippen LogP contribution in [0.25, 0.3) is 0 Å². The normalized spacial score (nSPS) is 13.3. The fraction of sp³-hybridized carbons (Fsp3) is 0.571. The van der Waals surface area contributed by atoms with E-state index < -0.39 is 9.84 Å². The molecule has 0 bridgehead atoms. The van der Waals surface area contributed by atoms with Crippen molar-refractivity contribution in [2.45, 2.75) is 39.0 Å². The van der Waals surface area contributed by atoms with Crippen molar-refractivity contribution in [3.8, 4) is 5.75 Å². The van der Waals surface area contributed by atoms with Gasteiger partial charge in [0, 0.05) is 11.6 Å². The van der Waals surface area contributed by atoms with Crippen molar-refractivity contribution in [1.29, 1.82) is 0 Å². The maximum atomic E-state index is 12.0. The third-order valence-corrected chi connectivity index (χ3v) is 4.58. The first-order valence-electron chi connectivity index (χ1n) is 6.61. The van der Waals surface area contributed by atoms with E-state index in [4.69, 9.17) is 10.5 Å². The molecule has 1 rings (SSSR count). The van der Waals surface area contributed by atoms with Crippen molar-refractivity contribution in [3.05, 3.63) is 29.3 Å². The van der Waals surface area contributed by atoms with Crippen molar-refractivity contribution in [2.75, 3.05) is 12.4 Å². The van der Waals surface area contributed by atoms with Gasteiger partial charge in [-0.15, -0.1) is 0 Å². The van der Waals surface area contributed by atoms with Gasteiger partial charge in [-0.25, -0.2) is 8.42 Å². The lowest BCUT2D eigenvalue weighted by molar-refractivity contribution is 0.337. The zero-order valence-corrected chi connectivity index (χ0v) is 12.7. The number of hydrogen-bond acceptors (Lipinski definition) is 4. The zero-order chi connectivity index (χ0) is 14.5. The standard InChI is InChI=1S/C14H23NO3S/c1-4-8-19(16,17)10-13-9-12(11(3)15)6-7-14(13)18-5-2/h6-7,9,11H,4-5,8,10,15H2,1-3H3. The Bertz CT molecular complexity index is 509. The number of sulfone groups is 1. The molecular weight excluding hydrogens is 262 g/mol. The van der Waals surface area contributed by atoms with Gasteiger partial charge in [0.2, 0.25) is 0 Å². The lowest BCUT2D eigenvalue weighted by Crippen LogP contribution is -2.12. The Morgan fingerprint density at radius 2 is 2.00 bits per heavy atom. The third-order valence-electron chi connectivity index (χ3n) is 2.80. The second kappa shape index (κ2) is 6.91. The van der Waals surface area contributed by atoms with Gasteiger partial charge in [0.15, 0.2) is 9.84 Å². The van der Waals surface area contributed by atoms with Gasteiger partial charge in [-0.1, -0.05) is 13.0 Å². The quantitative estimate of drug-likeness (QED) is 0.835. The first kappa shape index (κ1) is 16.0. The molecule has 0 amide bonds. The van der Waals surface area contributed by atoms with Crippen LogP contribution in [0.3, 0.4) is 0 Å². The van der Waals surface area contributed by atoms with Crippen LogP contribution in [0.5, 0.6) is 5.75 Å². The van der Waals surface area contributed by atoms with Crippen molar-refractivity contribution in [1.82, 2.24) is 0 Å². The van der Waals surface area contributed by atoms with Gasteiger partial charge in [-0.2, -0.15) is 0 Å². The summed E-state index contributed by atoms with van der Waals surface area (Å²) in [5.41, 5.74) is 7.46. The van der Waals surface area contributed by atoms with Gasteiger partial charge >= 0.3 is 0 Å². The summed E-state index contributed by atoms with van der Waals surface area (Å²) in [4.78, 5) is 0. The molecule has 108 valence electrons. The highest BCUT2D eigenvalue weighted by Gasteiger charge is 2.15. The number of ether oxygens (including phenoxy) is 1. The summed E-state index contributed by atoms with van der Waals surface area (Å²) >= 11 is 0. The lowest BCUT2D eigenvalue weighted by atomic mass is 10.1. The molecule has 1 unspecified atom stereocenters. The van der Waals surface area contributed by atoms with Crippen LogP contribution in [-0.4, -0.2) is 20.8 Å². The van der Waals surface area contributed by atoms with E-state index in [2.05, 4.69) is 0 Å². The minimum atomic E-state index is -3.09. The molecular formula is C14H23NO3S. The van der Waals surface area contributed by atoms with Crippen molar-refractivity contribution in [2.24, 2.45) is 5.73 Å². The molecule has 5 heteroatoms. The second-order valence-electron chi connectivity index (χ2n) is 4.68. The summed E-state index contributed by atoms with van der Waals surface area (Å²) < 4.78 is 29.4. The van der Waals surface area contributed by atoms with Crippen LogP contribution in [0.15, 0.2) is 18.2 Å². The number of benzene rings is 1. The van der Waals surface area contributed by atoms with E-state index in [0.717, 1.165) is 5.56 Å². The number of rotatable bonds is 7. The topological polar surface area (TPSA) is 69.4 Å². The highest BCUT2D eigenvalue weighted by Crippen LogP contribution is 2.25. The summed E-state index contributed by atoms with van der Waals surface area (Å²) in [7, 11) is -3.09. The van der Waals surface area contributed by atoms with E-state index >= 15 is 0 Å². The van der Waals surface area contributed by atoms with E-state index in [-0.39, 0.29) is 17.5 Å². The fourth-order valence-corrected chi connectivity index (χ4v) is 3.38. The Kier molecular flexibility index (Phi) is 5.82. The summed E-state index contributed by atoms with van der Waals surface area (Å²) in [6.45, 7) is 6.13. The highest BCUT2D eigenvalue weighted by atomic mass is 32.2. The molecule has 0 spiro atoms. The van der Waals surface area contributed by atoms with Crippen LogP contribution in [0.2, 0.25) is 0 Å². The smallest absolute Gasteiger partial charge is 0.154 e. The van der Waals surface area contributed by atoms with Crippen molar-refractivity contribution >= 4 is 9.84 Å². The molecule has 0 aliphatic rings. The van der Waals surface area contributed by atoms with E-state index in [9.17, 15) is 8.42 Å². The van der Waals surface area contributed by atoms with Gasteiger partial charge in [0.25, 0.3) is 0 Å². The van der Waals surface area contributed by atoms with Crippen LogP contribution >= 0.6 is 0 Å². The maximum absolute atomic E-state index is 12.0. The van der Waals surface area contributed by atoms with E-state index in [1.807, 2.05) is 32.9 Å². The largest absolute Gasteiger partial charge is 0.494 e. The van der Waals surface area contributed by atoms with Gasteiger partial charge < -0.3 is 10.5 Å². The summed E-state index contributed by atoms with van der Waals surface area (Å²) in [6, 6.07) is 5.40. The predicted molar refractivity (Wildman–Crippen MR) is 78.0 cm³/mol. The SMILES string of the molecule is CCCS(=O)(=O)Cc1cc(C(C)N)ccc1OCC. The molecule has 2 N–H and O–H groups in total. The Morgan fingerprint density at radius 3 is 2.53 bits per heavy atom. The number of hydrogen-bond donors (Lipinski definition) is 1.